The first-order valence-corrected chi connectivity index (χ1v) is 9.73. The number of hydrogen-bond acceptors (Lipinski definition) is 5. The molecule has 29 heavy (non-hydrogen) atoms. The summed E-state index contributed by atoms with van der Waals surface area (Å²) in [4.78, 5) is 0. The van der Waals surface area contributed by atoms with Crippen LogP contribution < -0.4 is 9.47 Å². The van der Waals surface area contributed by atoms with Crippen molar-refractivity contribution in [1.29, 1.82) is 10.5 Å². The molecule has 0 fully saturated rings. The van der Waals surface area contributed by atoms with Crippen molar-refractivity contribution in [3.8, 4) is 23.6 Å². The molecule has 0 saturated heterocycles. The molecule has 2 aromatic carbocycles. The number of allylic oxidation sites excluding steroid dienone is 1. The Balaban J connectivity index is 0.00000143. The number of aliphatic hydroxyl groups excluding tert-OH is 1. The van der Waals surface area contributed by atoms with E-state index in [1.54, 1.807) is 36.4 Å². The normalized spacial score (nSPS) is 9.76. The van der Waals surface area contributed by atoms with Gasteiger partial charge in [-0.3, -0.25) is 0 Å². The molecule has 0 bridgehead atoms. The van der Waals surface area contributed by atoms with Gasteiger partial charge in [0.2, 0.25) is 0 Å². The van der Waals surface area contributed by atoms with Gasteiger partial charge in [0.1, 0.15) is 48.5 Å². The summed E-state index contributed by atoms with van der Waals surface area (Å²) in [6.45, 7) is 8.49. The van der Waals surface area contributed by atoms with Gasteiger partial charge in [-0.15, -0.1) is 0 Å². The lowest BCUT2D eigenvalue weighted by molar-refractivity contribution is 0.0626. The summed E-state index contributed by atoms with van der Waals surface area (Å²) < 4.78 is 10.9. The summed E-state index contributed by atoms with van der Waals surface area (Å²) in [5.41, 5.74) is 0.769. The summed E-state index contributed by atoms with van der Waals surface area (Å²) in [6, 6.07) is 19.7. The molecule has 1 unspecified atom stereocenters. The lowest BCUT2D eigenvalue weighted by atomic mass is 10.1. The largest absolute Gasteiger partial charge is 0.491 e. The van der Waals surface area contributed by atoms with E-state index in [4.69, 9.17) is 20.0 Å². The fourth-order valence-corrected chi connectivity index (χ4v) is 1.87. The van der Waals surface area contributed by atoms with Crippen LogP contribution in [0.5, 0.6) is 11.5 Å². The summed E-state index contributed by atoms with van der Waals surface area (Å²) in [5.74, 6) is 1.28. The van der Waals surface area contributed by atoms with Crippen LogP contribution in [0.3, 0.4) is 0 Å². The minimum absolute atomic E-state index is 0.0390. The van der Waals surface area contributed by atoms with Gasteiger partial charge >= 0.3 is 0 Å². The van der Waals surface area contributed by atoms with E-state index in [0.29, 0.717) is 11.5 Å². The van der Waals surface area contributed by atoms with Crippen LogP contribution in [0.1, 0.15) is 39.7 Å². The number of hydrogen-bond donors (Lipinski definition) is 1. The predicted octanol–water partition coefficient (Wildman–Crippen LogP) is 5.38. The number of benzene rings is 2. The average molecular weight is 395 g/mol. The number of ether oxygens (including phenoxy) is 2. The van der Waals surface area contributed by atoms with Gasteiger partial charge in [-0.05, 0) is 35.9 Å². The van der Waals surface area contributed by atoms with Crippen molar-refractivity contribution < 1.29 is 14.6 Å². The van der Waals surface area contributed by atoms with Gasteiger partial charge in [0.05, 0.1) is 0 Å². The van der Waals surface area contributed by atoms with Crippen LogP contribution in [0.25, 0.3) is 6.08 Å². The highest BCUT2D eigenvalue weighted by Gasteiger charge is 2.06. The van der Waals surface area contributed by atoms with Crippen LogP contribution in [0.4, 0.5) is 0 Å². The van der Waals surface area contributed by atoms with Crippen molar-refractivity contribution in [3.05, 3.63) is 65.7 Å². The van der Waals surface area contributed by atoms with E-state index >= 15 is 0 Å². The van der Waals surface area contributed by atoms with E-state index in [2.05, 4.69) is 13.8 Å². The van der Waals surface area contributed by atoms with Crippen LogP contribution in [0.15, 0.2) is 60.2 Å². The highest BCUT2D eigenvalue weighted by molar-refractivity contribution is 5.62. The molecule has 5 nitrogen and oxygen atoms in total. The van der Waals surface area contributed by atoms with Crippen LogP contribution in [0, 0.1) is 22.7 Å². The molecule has 1 N–H and O–H groups in total. The Bertz CT molecular complexity index is 757. The molecule has 0 heterocycles. The topological polar surface area (TPSA) is 86.3 Å². The van der Waals surface area contributed by atoms with Gasteiger partial charge in [0.25, 0.3) is 0 Å². The van der Waals surface area contributed by atoms with Gasteiger partial charge in [0.15, 0.2) is 0 Å². The highest BCUT2D eigenvalue weighted by Crippen LogP contribution is 2.15. The Labute approximate surface area is 174 Å². The molecule has 0 spiro atoms. The van der Waals surface area contributed by atoms with Crippen molar-refractivity contribution in [2.75, 3.05) is 13.2 Å². The third kappa shape index (κ3) is 11.9. The van der Waals surface area contributed by atoms with Gasteiger partial charge in [-0.1, -0.05) is 64.4 Å². The average Bonchev–Trinajstić information content (AvgIpc) is 2.78. The van der Waals surface area contributed by atoms with E-state index in [0.717, 1.165) is 5.56 Å². The second kappa shape index (κ2) is 16.9. The zero-order valence-corrected chi connectivity index (χ0v) is 17.6. The van der Waals surface area contributed by atoms with Crippen LogP contribution >= 0.6 is 0 Å². The summed E-state index contributed by atoms with van der Waals surface area (Å²) in [5, 5.41) is 27.3. The Morgan fingerprint density at radius 3 is 1.79 bits per heavy atom. The maximum absolute atomic E-state index is 9.88. The molecule has 2 rings (SSSR count). The van der Waals surface area contributed by atoms with E-state index < -0.39 is 6.10 Å². The van der Waals surface area contributed by atoms with Gasteiger partial charge in [0, 0.05) is 0 Å². The van der Waals surface area contributed by atoms with Crippen LogP contribution in [-0.4, -0.2) is 24.4 Å². The van der Waals surface area contributed by atoms with E-state index in [1.165, 1.54) is 12.5 Å². The number of para-hydroxylation sites is 1. The summed E-state index contributed by atoms with van der Waals surface area (Å²) in [6.07, 6.45) is 1.99. The van der Waals surface area contributed by atoms with E-state index in [9.17, 15) is 5.11 Å². The van der Waals surface area contributed by atoms with Crippen molar-refractivity contribution in [3.63, 3.8) is 0 Å². The fraction of sp³-hybridized carbons (Fsp3) is 0.333. The highest BCUT2D eigenvalue weighted by atomic mass is 16.5. The quantitative estimate of drug-likeness (QED) is 0.637. The van der Waals surface area contributed by atoms with Gasteiger partial charge < -0.3 is 14.6 Å². The first kappa shape index (κ1) is 25.7. The van der Waals surface area contributed by atoms with Gasteiger partial charge in [-0.2, -0.15) is 10.5 Å². The number of nitriles is 2. The third-order valence-corrected chi connectivity index (χ3v) is 3.06. The molecule has 0 saturated carbocycles. The minimum Gasteiger partial charge on any atom is -0.491 e. The zero-order valence-electron chi connectivity index (χ0n) is 17.6. The molecule has 0 aromatic heterocycles. The van der Waals surface area contributed by atoms with Crippen molar-refractivity contribution >= 4 is 6.08 Å². The van der Waals surface area contributed by atoms with Crippen molar-refractivity contribution in [1.82, 2.24) is 0 Å². The van der Waals surface area contributed by atoms with E-state index in [-0.39, 0.29) is 18.8 Å². The Hall–Kier alpha value is -3.28. The molecule has 0 radical (unpaired) electrons. The molecular weight excluding hydrogens is 364 g/mol. The second-order valence-electron chi connectivity index (χ2n) is 5.65. The maximum Gasteiger partial charge on any atom is 0.130 e. The first-order valence-electron chi connectivity index (χ1n) is 9.73. The minimum atomic E-state index is -0.756. The monoisotopic (exact) mass is 394 g/mol. The predicted molar refractivity (Wildman–Crippen MR) is 116 cm³/mol. The Morgan fingerprint density at radius 1 is 0.897 bits per heavy atom. The molecule has 0 aliphatic heterocycles. The zero-order chi connectivity index (χ0) is 21.9. The SMILES string of the molecule is CC.CCC.N#CC(C#N)=Cc1ccc(OCC(O)COc2ccccc2)cc1. The second-order valence-corrected chi connectivity index (χ2v) is 5.65. The lowest BCUT2D eigenvalue weighted by Crippen LogP contribution is -2.25. The van der Waals surface area contributed by atoms with Gasteiger partial charge in [-0.25, -0.2) is 0 Å². The van der Waals surface area contributed by atoms with Crippen molar-refractivity contribution in [2.24, 2.45) is 0 Å². The molecule has 1 atom stereocenters. The number of rotatable bonds is 7. The number of nitrogens with zero attached hydrogens (tertiary/aromatic N) is 2. The molecule has 0 aliphatic carbocycles. The molecule has 2 aromatic rings. The third-order valence-electron chi connectivity index (χ3n) is 3.06. The lowest BCUT2D eigenvalue weighted by Gasteiger charge is -2.13. The summed E-state index contributed by atoms with van der Waals surface area (Å²) >= 11 is 0. The molecule has 5 heteroatoms. The van der Waals surface area contributed by atoms with E-state index in [1.807, 2.05) is 44.2 Å². The van der Waals surface area contributed by atoms with Crippen LogP contribution in [0.2, 0.25) is 0 Å². The maximum atomic E-state index is 9.88. The summed E-state index contributed by atoms with van der Waals surface area (Å²) in [7, 11) is 0. The molecule has 0 aliphatic rings. The Morgan fingerprint density at radius 2 is 1.34 bits per heavy atom. The standard InChI is InChI=1S/C19H16N2O3.C3H8.C2H6/c20-11-16(12-21)10-15-6-8-19(9-7-15)24-14-17(22)13-23-18-4-2-1-3-5-18;1-3-2;1-2/h1-10,17,22H,13-14H2;3H2,1-2H3;1-2H3. The smallest absolute Gasteiger partial charge is 0.130 e. The van der Waals surface area contributed by atoms with Crippen LogP contribution in [-0.2, 0) is 0 Å². The molecular formula is C24H30N2O3. The molecule has 154 valence electrons. The Kier molecular flexibility index (Phi) is 15.0. The van der Waals surface area contributed by atoms with Crippen molar-refractivity contribution in [2.45, 2.75) is 40.2 Å². The molecule has 0 amide bonds. The number of aliphatic hydroxyl groups is 1. The first-order chi connectivity index (χ1) is 14.1. The fourth-order valence-electron chi connectivity index (χ4n) is 1.87.